The molecule has 1 amide bonds. The number of nitrogens with zero attached hydrogens (tertiary/aromatic N) is 1. The predicted octanol–water partition coefficient (Wildman–Crippen LogP) is 1.13. The summed E-state index contributed by atoms with van der Waals surface area (Å²) in [6, 6.07) is 8.20. The number of alkyl carbamates (subject to hydrolysis) is 1. The molecule has 0 bridgehead atoms. The number of rotatable bonds is 5. The quantitative estimate of drug-likeness (QED) is 0.851. The van der Waals surface area contributed by atoms with Gasteiger partial charge in [-0.05, 0) is 24.1 Å². The molecule has 6 heteroatoms. The van der Waals surface area contributed by atoms with Crippen LogP contribution in [0.25, 0.3) is 0 Å². The topological polar surface area (TPSA) is 76.8 Å². The molecule has 2 atom stereocenters. The molecule has 1 fully saturated rings. The lowest BCUT2D eigenvalue weighted by molar-refractivity contribution is 0.165. The Morgan fingerprint density at radius 3 is 3.00 bits per heavy atom. The van der Waals surface area contributed by atoms with Gasteiger partial charge in [0.05, 0.1) is 14.2 Å². The first-order chi connectivity index (χ1) is 10.2. The smallest absolute Gasteiger partial charge is 0.407 e. The van der Waals surface area contributed by atoms with Crippen LogP contribution in [-0.2, 0) is 4.74 Å². The van der Waals surface area contributed by atoms with Gasteiger partial charge < -0.3 is 20.5 Å². The van der Waals surface area contributed by atoms with Crippen LogP contribution in [0, 0.1) is 0 Å². The van der Waals surface area contributed by atoms with Gasteiger partial charge in [0, 0.05) is 31.7 Å². The van der Waals surface area contributed by atoms with E-state index in [0.717, 1.165) is 30.8 Å². The molecule has 116 valence electrons. The van der Waals surface area contributed by atoms with Crippen molar-refractivity contribution < 1.29 is 14.3 Å². The summed E-state index contributed by atoms with van der Waals surface area (Å²) in [5.41, 5.74) is 7.09. The molecular formula is C15H23N3O3. The van der Waals surface area contributed by atoms with Crippen molar-refractivity contribution in [3.63, 3.8) is 0 Å². The van der Waals surface area contributed by atoms with Crippen molar-refractivity contribution in [2.75, 3.05) is 33.9 Å². The normalized spacial score (nSPS) is 20.0. The molecule has 2 unspecified atom stereocenters. The van der Waals surface area contributed by atoms with Gasteiger partial charge in [-0.25, -0.2) is 4.79 Å². The molecule has 0 aromatic heterocycles. The molecule has 3 N–H and O–H groups in total. The zero-order valence-corrected chi connectivity index (χ0v) is 12.5. The number of nitrogens with one attached hydrogen (secondary N) is 1. The molecule has 21 heavy (non-hydrogen) atoms. The molecule has 1 aromatic carbocycles. The SMILES string of the molecule is COC(=O)NC1CCN(C(CN)c2cccc(OC)c2)C1. The number of hydrogen-bond acceptors (Lipinski definition) is 5. The van der Waals surface area contributed by atoms with E-state index >= 15 is 0 Å². The molecule has 2 rings (SSSR count). The Labute approximate surface area is 125 Å². The van der Waals surface area contributed by atoms with Gasteiger partial charge in [-0.15, -0.1) is 0 Å². The number of ether oxygens (including phenoxy) is 2. The lowest BCUT2D eigenvalue weighted by Gasteiger charge is -2.27. The fraction of sp³-hybridized carbons (Fsp3) is 0.533. The maximum absolute atomic E-state index is 11.3. The summed E-state index contributed by atoms with van der Waals surface area (Å²) in [5, 5.41) is 2.84. The Balaban J connectivity index is 2.03. The number of carbonyl (C=O) groups is 1. The molecule has 0 spiro atoms. The fourth-order valence-electron chi connectivity index (χ4n) is 2.76. The van der Waals surface area contributed by atoms with E-state index in [1.807, 2.05) is 18.2 Å². The van der Waals surface area contributed by atoms with Crippen molar-refractivity contribution in [3.05, 3.63) is 29.8 Å². The van der Waals surface area contributed by atoms with Gasteiger partial charge in [0.15, 0.2) is 0 Å². The predicted molar refractivity (Wildman–Crippen MR) is 80.3 cm³/mol. The van der Waals surface area contributed by atoms with E-state index < -0.39 is 0 Å². The highest BCUT2D eigenvalue weighted by Gasteiger charge is 2.29. The largest absolute Gasteiger partial charge is 0.497 e. The first-order valence-corrected chi connectivity index (χ1v) is 7.10. The van der Waals surface area contributed by atoms with Crippen LogP contribution in [0.3, 0.4) is 0 Å². The second-order valence-corrected chi connectivity index (χ2v) is 5.14. The number of methoxy groups -OCH3 is 2. The molecule has 0 radical (unpaired) electrons. The van der Waals surface area contributed by atoms with E-state index in [2.05, 4.69) is 21.0 Å². The first-order valence-electron chi connectivity index (χ1n) is 7.10. The van der Waals surface area contributed by atoms with Crippen LogP contribution in [0.15, 0.2) is 24.3 Å². The maximum atomic E-state index is 11.3. The van der Waals surface area contributed by atoms with Gasteiger partial charge in [0.1, 0.15) is 5.75 Å². The van der Waals surface area contributed by atoms with Crippen molar-refractivity contribution in [1.29, 1.82) is 0 Å². The zero-order chi connectivity index (χ0) is 15.2. The van der Waals surface area contributed by atoms with Gasteiger partial charge in [0.2, 0.25) is 0 Å². The van der Waals surface area contributed by atoms with Crippen LogP contribution in [0.1, 0.15) is 18.0 Å². The highest BCUT2D eigenvalue weighted by molar-refractivity contribution is 5.67. The fourth-order valence-corrected chi connectivity index (χ4v) is 2.76. The number of nitrogens with two attached hydrogens (primary N) is 1. The van der Waals surface area contributed by atoms with Crippen molar-refractivity contribution in [2.24, 2.45) is 5.73 Å². The third kappa shape index (κ3) is 3.86. The molecule has 6 nitrogen and oxygen atoms in total. The summed E-state index contributed by atoms with van der Waals surface area (Å²) in [7, 11) is 3.03. The maximum Gasteiger partial charge on any atom is 0.407 e. The lowest BCUT2D eigenvalue weighted by Crippen LogP contribution is -2.39. The second kappa shape index (κ2) is 7.28. The molecule has 1 aliphatic rings. The first kappa shape index (κ1) is 15.6. The minimum absolute atomic E-state index is 0.108. The van der Waals surface area contributed by atoms with Gasteiger partial charge in [-0.3, -0.25) is 4.90 Å². The average Bonchev–Trinajstić information content (AvgIpc) is 2.96. The average molecular weight is 293 g/mol. The highest BCUT2D eigenvalue weighted by Crippen LogP contribution is 2.26. The molecule has 1 aromatic rings. The summed E-state index contributed by atoms with van der Waals surface area (Å²) in [4.78, 5) is 13.6. The standard InChI is InChI=1S/C15H23N3O3/c1-20-13-5-3-4-11(8-13)14(9-16)18-7-6-12(10-18)17-15(19)21-2/h3-5,8,12,14H,6-7,9-10,16H2,1-2H3,(H,17,19). The number of likely N-dealkylation sites (tertiary alicyclic amines) is 1. The van der Waals surface area contributed by atoms with Crippen molar-refractivity contribution in [2.45, 2.75) is 18.5 Å². The lowest BCUT2D eigenvalue weighted by atomic mass is 10.1. The van der Waals surface area contributed by atoms with Crippen LogP contribution < -0.4 is 15.8 Å². The van der Waals surface area contributed by atoms with E-state index in [1.165, 1.54) is 7.11 Å². The second-order valence-electron chi connectivity index (χ2n) is 5.14. The Hall–Kier alpha value is -1.79. The van der Waals surface area contributed by atoms with Crippen molar-refractivity contribution in [1.82, 2.24) is 10.2 Å². The van der Waals surface area contributed by atoms with E-state index in [-0.39, 0.29) is 18.2 Å². The Kier molecular flexibility index (Phi) is 5.41. The summed E-state index contributed by atoms with van der Waals surface area (Å²) in [6.45, 7) is 2.19. The van der Waals surface area contributed by atoms with Gasteiger partial charge in [-0.2, -0.15) is 0 Å². The number of benzene rings is 1. The Bertz CT molecular complexity index is 481. The number of hydrogen-bond donors (Lipinski definition) is 2. The van der Waals surface area contributed by atoms with Gasteiger partial charge in [0.25, 0.3) is 0 Å². The summed E-state index contributed by atoms with van der Waals surface area (Å²) >= 11 is 0. The Morgan fingerprint density at radius 2 is 2.33 bits per heavy atom. The van der Waals surface area contributed by atoms with Gasteiger partial charge in [-0.1, -0.05) is 12.1 Å². The third-order valence-corrected chi connectivity index (χ3v) is 3.87. The highest BCUT2D eigenvalue weighted by atomic mass is 16.5. The van der Waals surface area contributed by atoms with Crippen LogP contribution in [0.4, 0.5) is 4.79 Å². The van der Waals surface area contributed by atoms with Crippen LogP contribution in [0.2, 0.25) is 0 Å². The number of amides is 1. The van der Waals surface area contributed by atoms with Crippen molar-refractivity contribution >= 4 is 6.09 Å². The van der Waals surface area contributed by atoms with E-state index in [0.29, 0.717) is 6.54 Å². The molecule has 1 heterocycles. The van der Waals surface area contributed by atoms with E-state index in [9.17, 15) is 4.79 Å². The van der Waals surface area contributed by atoms with E-state index in [4.69, 9.17) is 10.5 Å². The Morgan fingerprint density at radius 1 is 1.52 bits per heavy atom. The molecular weight excluding hydrogens is 270 g/mol. The zero-order valence-electron chi connectivity index (χ0n) is 12.5. The summed E-state index contributed by atoms with van der Waals surface area (Å²) in [6.07, 6.45) is 0.516. The summed E-state index contributed by atoms with van der Waals surface area (Å²) in [5.74, 6) is 0.828. The molecule has 0 aliphatic carbocycles. The third-order valence-electron chi connectivity index (χ3n) is 3.87. The minimum Gasteiger partial charge on any atom is -0.497 e. The minimum atomic E-state index is -0.382. The molecule has 1 saturated heterocycles. The van der Waals surface area contributed by atoms with Gasteiger partial charge >= 0.3 is 6.09 Å². The van der Waals surface area contributed by atoms with Crippen molar-refractivity contribution in [3.8, 4) is 5.75 Å². The molecule has 1 aliphatic heterocycles. The van der Waals surface area contributed by atoms with Crippen LogP contribution in [-0.4, -0.2) is 50.9 Å². The summed E-state index contributed by atoms with van der Waals surface area (Å²) < 4.78 is 9.91. The number of carbonyl (C=O) groups excluding carboxylic acids is 1. The van der Waals surface area contributed by atoms with Crippen LogP contribution >= 0.6 is 0 Å². The molecule has 0 saturated carbocycles. The van der Waals surface area contributed by atoms with E-state index in [1.54, 1.807) is 7.11 Å². The van der Waals surface area contributed by atoms with Crippen LogP contribution in [0.5, 0.6) is 5.75 Å². The monoisotopic (exact) mass is 293 g/mol.